The van der Waals surface area contributed by atoms with E-state index < -0.39 is 36.7 Å². The van der Waals surface area contributed by atoms with Crippen LogP contribution in [-0.4, -0.2) is 59.8 Å². The van der Waals surface area contributed by atoms with Crippen molar-refractivity contribution in [3.05, 3.63) is 48.5 Å². The fraction of sp³-hybridized carbons (Fsp3) is 0.421. The van der Waals surface area contributed by atoms with Crippen molar-refractivity contribution in [3.63, 3.8) is 0 Å². The number of rotatable bonds is 5. The molecule has 3 heterocycles. The Labute approximate surface area is 161 Å². The summed E-state index contributed by atoms with van der Waals surface area (Å²) in [5, 5.41) is 33.0. The third-order valence-corrected chi connectivity index (χ3v) is 5.08. The third-order valence-electron chi connectivity index (χ3n) is 5.08. The maximum absolute atomic E-state index is 10.3. The minimum Gasteiger partial charge on any atom is -0.394 e. The first-order chi connectivity index (χ1) is 13.4. The lowest BCUT2D eigenvalue weighted by Crippen LogP contribution is -2.33. The van der Waals surface area contributed by atoms with Crippen LogP contribution < -0.4 is 5.32 Å². The molecular formula is C19H23N5O4. The van der Waals surface area contributed by atoms with Crippen LogP contribution in [0, 0.1) is 0 Å². The number of aliphatic hydroxyl groups excluding tert-OH is 3. The van der Waals surface area contributed by atoms with Crippen molar-refractivity contribution >= 4 is 17.0 Å². The highest BCUT2D eigenvalue weighted by atomic mass is 16.6. The number of aromatic nitrogens is 4. The summed E-state index contributed by atoms with van der Waals surface area (Å²) < 4.78 is 7.13. The number of ether oxygens (including phenoxy) is 1. The lowest BCUT2D eigenvalue weighted by molar-refractivity contribution is -0.0511. The Balaban J connectivity index is 1.68. The van der Waals surface area contributed by atoms with E-state index in [0.717, 1.165) is 5.56 Å². The van der Waals surface area contributed by atoms with Crippen LogP contribution in [0.25, 0.3) is 11.2 Å². The lowest BCUT2D eigenvalue weighted by Gasteiger charge is -2.27. The summed E-state index contributed by atoms with van der Waals surface area (Å²) in [7, 11) is 0. The highest BCUT2D eigenvalue weighted by Crippen LogP contribution is 2.33. The number of nitrogens with zero attached hydrogens (tertiary/aromatic N) is 4. The number of aliphatic hydroxyl groups is 3. The van der Waals surface area contributed by atoms with E-state index in [9.17, 15) is 15.3 Å². The summed E-state index contributed by atoms with van der Waals surface area (Å²) in [4.78, 5) is 13.0. The first-order valence-corrected chi connectivity index (χ1v) is 9.06. The zero-order valence-electron chi connectivity index (χ0n) is 15.6. The van der Waals surface area contributed by atoms with Gasteiger partial charge in [0.1, 0.15) is 24.6 Å². The number of fused-ring (bicyclic) bond motifs is 1. The van der Waals surface area contributed by atoms with Gasteiger partial charge in [-0.3, -0.25) is 4.57 Å². The molecule has 1 unspecified atom stereocenters. The van der Waals surface area contributed by atoms with Crippen LogP contribution in [0.3, 0.4) is 0 Å². The van der Waals surface area contributed by atoms with Crippen molar-refractivity contribution < 1.29 is 20.1 Å². The van der Waals surface area contributed by atoms with Gasteiger partial charge >= 0.3 is 0 Å². The Morgan fingerprint density at radius 3 is 2.54 bits per heavy atom. The Hall–Kier alpha value is -2.59. The molecule has 4 rings (SSSR count). The Morgan fingerprint density at radius 2 is 1.86 bits per heavy atom. The predicted molar refractivity (Wildman–Crippen MR) is 101 cm³/mol. The molecule has 4 atom stereocenters. The van der Waals surface area contributed by atoms with E-state index in [1.54, 1.807) is 4.57 Å². The number of benzene rings is 1. The largest absolute Gasteiger partial charge is 0.394 e. The minimum absolute atomic E-state index is 0.394. The molecule has 1 fully saturated rings. The van der Waals surface area contributed by atoms with Gasteiger partial charge < -0.3 is 25.4 Å². The molecule has 1 aliphatic heterocycles. The zero-order valence-corrected chi connectivity index (χ0v) is 15.6. The molecule has 148 valence electrons. The van der Waals surface area contributed by atoms with Crippen LogP contribution in [0.1, 0.15) is 25.6 Å². The SMILES string of the molecule is CC(C)(Nc1ncnc2c1ncn2C1O[C@H](CO)[C@@H](O)[C@H]1O)c1ccccc1. The van der Waals surface area contributed by atoms with Gasteiger partial charge in [0.05, 0.1) is 18.5 Å². The van der Waals surface area contributed by atoms with Gasteiger partial charge in [-0.1, -0.05) is 30.3 Å². The quantitative estimate of drug-likeness (QED) is 0.508. The second kappa shape index (κ2) is 7.10. The van der Waals surface area contributed by atoms with E-state index in [-0.39, 0.29) is 0 Å². The molecule has 0 bridgehead atoms. The number of imidazole rings is 1. The van der Waals surface area contributed by atoms with E-state index in [1.807, 2.05) is 44.2 Å². The normalized spacial score (nSPS) is 25.3. The van der Waals surface area contributed by atoms with Crippen molar-refractivity contribution in [1.29, 1.82) is 0 Å². The molecule has 1 aliphatic rings. The van der Waals surface area contributed by atoms with Crippen LogP contribution in [0.15, 0.2) is 43.0 Å². The van der Waals surface area contributed by atoms with E-state index in [4.69, 9.17) is 4.74 Å². The molecule has 0 radical (unpaired) electrons. The smallest absolute Gasteiger partial charge is 0.167 e. The maximum Gasteiger partial charge on any atom is 0.167 e. The van der Waals surface area contributed by atoms with Crippen LogP contribution in [0.4, 0.5) is 5.82 Å². The van der Waals surface area contributed by atoms with Gasteiger partial charge in [-0.15, -0.1) is 0 Å². The predicted octanol–water partition coefficient (Wildman–Crippen LogP) is 0.785. The van der Waals surface area contributed by atoms with E-state index in [1.165, 1.54) is 12.7 Å². The number of hydrogen-bond donors (Lipinski definition) is 4. The van der Waals surface area contributed by atoms with E-state index >= 15 is 0 Å². The molecule has 0 aliphatic carbocycles. The van der Waals surface area contributed by atoms with Gasteiger partial charge in [-0.2, -0.15) is 0 Å². The van der Waals surface area contributed by atoms with Gasteiger partial charge in [0.25, 0.3) is 0 Å². The lowest BCUT2D eigenvalue weighted by atomic mass is 9.94. The Kier molecular flexibility index (Phi) is 4.76. The molecule has 1 aromatic carbocycles. The molecule has 0 saturated carbocycles. The van der Waals surface area contributed by atoms with E-state index in [2.05, 4.69) is 20.3 Å². The van der Waals surface area contributed by atoms with Crippen molar-refractivity contribution in [3.8, 4) is 0 Å². The van der Waals surface area contributed by atoms with Crippen molar-refractivity contribution in [2.75, 3.05) is 11.9 Å². The number of anilines is 1. The van der Waals surface area contributed by atoms with Crippen LogP contribution >= 0.6 is 0 Å². The topological polar surface area (TPSA) is 126 Å². The molecule has 1 saturated heterocycles. The molecule has 9 heteroatoms. The second-order valence-corrected chi connectivity index (χ2v) is 7.39. The number of hydrogen-bond acceptors (Lipinski definition) is 8. The van der Waals surface area contributed by atoms with Crippen molar-refractivity contribution in [1.82, 2.24) is 19.5 Å². The van der Waals surface area contributed by atoms with Gasteiger partial charge in [0.15, 0.2) is 23.2 Å². The van der Waals surface area contributed by atoms with Crippen molar-refractivity contribution in [2.45, 2.75) is 43.9 Å². The Morgan fingerprint density at radius 1 is 1.11 bits per heavy atom. The molecular weight excluding hydrogens is 362 g/mol. The van der Waals surface area contributed by atoms with Crippen molar-refractivity contribution in [2.24, 2.45) is 0 Å². The first-order valence-electron chi connectivity index (χ1n) is 9.06. The standard InChI is InChI=1S/C19H23N5O4/c1-19(2,11-6-4-3-5-7-11)23-16-13-17(21-9-20-16)24(10-22-13)18-15(27)14(26)12(8-25)28-18/h3-7,9-10,12,14-15,18,25-27H,8H2,1-2H3,(H,20,21,23)/t12-,14-,15-,18?/m1/s1. The number of nitrogens with one attached hydrogen (secondary N) is 1. The second-order valence-electron chi connectivity index (χ2n) is 7.39. The summed E-state index contributed by atoms with van der Waals surface area (Å²) in [6.07, 6.45) is -1.27. The molecule has 9 nitrogen and oxygen atoms in total. The minimum atomic E-state index is -1.21. The van der Waals surface area contributed by atoms with Gasteiger partial charge in [0, 0.05) is 0 Å². The highest BCUT2D eigenvalue weighted by Gasteiger charge is 2.44. The van der Waals surface area contributed by atoms with Crippen LogP contribution in [-0.2, 0) is 10.3 Å². The first kappa shape index (κ1) is 18.8. The summed E-state index contributed by atoms with van der Waals surface area (Å²) in [5.41, 5.74) is 1.65. The molecule has 0 spiro atoms. The fourth-order valence-electron chi connectivity index (χ4n) is 3.46. The maximum atomic E-state index is 10.3. The fourth-order valence-corrected chi connectivity index (χ4v) is 3.46. The monoisotopic (exact) mass is 385 g/mol. The molecule has 3 aromatic rings. The average Bonchev–Trinajstić information content (AvgIpc) is 3.24. The molecule has 0 amide bonds. The molecule has 28 heavy (non-hydrogen) atoms. The summed E-state index contributed by atoms with van der Waals surface area (Å²) in [6, 6.07) is 9.98. The summed E-state index contributed by atoms with van der Waals surface area (Å²) in [5.74, 6) is 0.546. The summed E-state index contributed by atoms with van der Waals surface area (Å²) in [6.45, 7) is 3.69. The third kappa shape index (κ3) is 3.12. The Bertz CT molecular complexity index is 961. The summed E-state index contributed by atoms with van der Waals surface area (Å²) >= 11 is 0. The van der Waals surface area contributed by atoms with Crippen LogP contribution in [0.5, 0.6) is 0 Å². The van der Waals surface area contributed by atoms with Crippen LogP contribution in [0.2, 0.25) is 0 Å². The van der Waals surface area contributed by atoms with Gasteiger partial charge in [0.2, 0.25) is 0 Å². The molecule has 2 aromatic heterocycles. The highest BCUT2D eigenvalue weighted by molar-refractivity contribution is 5.83. The van der Waals surface area contributed by atoms with Gasteiger partial charge in [-0.05, 0) is 19.4 Å². The average molecular weight is 385 g/mol. The molecule has 4 N–H and O–H groups in total. The zero-order chi connectivity index (χ0) is 19.9. The van der Waals surface area contributed by atoms with Gasteiger partial charge in [-0.25, -0.2) is 15.0 Å². The van der Waals surface area contributed by atoms with E-state index in [0.29, 0.717) is 17.0 Å².